The average molecular weight is 305 g/mol. The molecule has 2 atom stereocenters. The van der Waals surface area contributed by atoms with Crippen LogP contribution < -0.4 is 14.8 Å². The summed E-state index contributed by atoms with van der Waals surface area (Å²) in [4.78, 5) is 12.3. The second-order valence-electron chi connectivity index (χ2n) is 4.65. The molecule has 1 aliphatic rings. The van der Waals surface area contributed by atoms with Crippen molar-refractivity contribution < 1.29 is 14.3 Å². The van der Waals surface area contributed by atoms with E-state index in [1.165, 1.54) is 11.3 Å². The lowest BCUT2D eigenvalue weighted by Crippen LogP contribution is -2.46. The predicted molar refractivity (Wildman–Crippen MR) is 78.9 cm³/mol. The summed E-state index contributed by atoms with van der Waals surface area (Å²) in [6, 6.07) is 7.30. The lowest BCUT2D eigenvalue weighted by atomic mass is 10.1. The van der Waals surface area contributed by atoms with Gasteiger partial charge in [0.05, 0.1) is 0 Å². The zero-order valence-corrected chi connectivity index (χ0v) is 12.5. The number of fused-ring (bicyclic) bond motifs is 1. The number of para-hydroxylation sites is 2. The first kappa shape index (κ1) is 13.8. The van der Waals surface area contributed by atoms with Crippen molar-refractivity contribution in [3.8, 4) is 11.5 Å². The Morgan fingerprint density at radius 1 is 1.29 bits per heavy atom. The third-order valence-electron chi connectivity index (χ3n) is 3.10. The van der Waals surface area contributed by atoms with E-state index in [1.807, 2.05) is 25.1 Å². The number of nitrogens with zero attached hydrogens (tertiary/aromatic N) is 2. The molecule has 2 aromatic rings. The minimum atomic E-state index is -0.714. The van der Waals surface area contributed by atoms with Gasteiger partial charge >= 0.3 is 0 Å². The number of aryl methyl sites for hydroxylation is 1. The molecule has 1 aromatic carbocycles. The highest BCUT2D eigenvalue weighted by atomic mass is 32.1. The maximum absolute atomic E-state index is 12.3. The van der Waals surface area contributed by atoms with E-state index in [0.717, 1.165) is 11.4 Å². The van der Waals surface area contributed by atoms with Crippen molar-refractivity contribution >= 4 is 22.4 Å². The number of anilines is 1. The fraction of sp³-hybridized carbons (Fsp3) is 0.357. The molecule has 0 bridgehead atoms. The smallest absolute Gasteiger partial charge is 0.271 e. The molecule has 0 fully saturated rings. The van der Waals surface area contributed by atoms with E-state index in [1.54, 1.807) is 13.0 Å². The Labute approximate surface area is 126 Å². The van der Waals surface area contributed by atoms with Gasteiger partial charge in [0.1, 0.15) is 11.1 Å². The van der Waals surface area contributed by atoms with Crippen LogP contribution in [0.1, 0.15) is 18.9 Å². The molecule has 0 saturated heterocycles. The summed E-state index contributed by atoms with van der Waals surface area (Å²) >= 11 is 1.36. The van der Waals surface area contributed by atoms with Gasteiger partial charge in [-0.2, -0.15) is 0 Å². The van der Waals surface area contributed by atoms with Crippen LogP contribution in [0.3, 0.4) is 0 Å². The second kappa shape index (κ2) is 5.69. The van der Waals surface area contributed by atoms with E-state index in [0.29, 0.717) is 16.6 Å². The Kier molecular flexibility index (Phi) is 3.74. The number of ether oxygens (including phenoxy) is 2. The number of nitrogens with one attached hydrogen (secondary N) is 1. The van der Waals surface area contributed by atoms with E-state index in [2.05, 4.69) is 15.5 Å². The highest BCUT2D eigenvalue weighted by Gasteiger charge is 2.34. The monoisotopic (exact) mass is 305 g/mol. The molecule has 21 heavy (non-hydrogen) atoms. The van der Waals surface area contributed by atoms with Crippen molar-refractivity contribution in [3.05, 3.63) is 29.3 Å². The minimum Gasteiger partial charge on any atom is -0.482 e. The Morgan fingerprint density at radius 2 is 2.00 bits per heavy atom. The van der Waals surface area contributed by atoms with E-state index in [4.69, 9.17) is 9.47 Å². The van der Waals surface area contributed by atoms with Crippen molar-refractivity contribution in [1.82, 2.24) is 10.2 Å². The summed E-state index contributed by atoms with van der Waals surface area (Å²) in [5, 5.41) is 12.0. The number of carbonyl (C=O) groups is 1. The molecule has 1 amide bonds. The van der Waals surface area contributed by atoms with Crippen molar-refractivity contribution in [2.24, 2.45) is 0 Å². The summed E-state index contributed by atoms with van der Waals surface area (Å²) in [7, 11) is 0. The van der Waals surface area contributed by atoms with Crippen LogP contribution in [0.15, 0.2) is 24.3 Å². The van der Waals surface area contributed by atoms with Crippen LogP contribution in [0, 0.1) is 0 Å². The number of aromatic nitrogens is 2. The van der Waals surface area contributed by atoms with Gasteiger partial charge in [-0.3, -0.25) is 10.1 Å². The number of carbonyl (C=O) groups excluding carboxylic acids is 1. The number of amides is 1. The Bertz CT molecular complexity index is 658. The first-order chi connectivity index (χ1) is 10.2. The number of hydrogen-bond donors (Lipinski definition) is 1. The number of benzene rings is 1. The van der Waals surface area contributed by atoms with Crippen LogP contribution in [0.4, 0.5) is 5.13 Å². The summed E-state index contributed by atoms with van der Waals surface area (Å²) in [6.45, 7) is 3.79. The summed E-state index contributed by atoms with van der Waals surface area (Å²) < 4.78 is 11.4. The third-order valence-corrected chi connectivity index (χ3v) is 4.08. The summed E-state index contributed by atoms with van der Waals surface area (Å²) in [5.41, 5.74) is 0. The van der Waals surface area contributed by atoms with Gasteiger partial charge in [0.25, 0.3) is 5.91 Å². The Morgan fingerprint density at radius 3 is 2.67 bits per heavy atom. The normalized spacial score (nSPS) is 20.1. The molecule has 1 aromatic heterocycles. The maximum atomic E-state index is 12.3. The van der Waals surface area contributed by atoms with Gasteiger partial charge < -0.3 is 9.47 Å². The second-order valence-corrected chi connectivity index (χ2v) is 5.71. The van der Waals surface area contributed by atoms with E-state index < -0.39 is 6.10 Å². The van der Waals surface area contributed by atoms with Crippen molar-refractivity contribution in [2.75, 3.05) is 5.32 Å². The van der Waals surface area contributed by atoms with E-state index in [-0.39, 0.29) is 12.0 Å². The third kappa shape index (κ3) is 2.82. The molecule has 1 N–H and O–H groups in total. The molecular formula is C14H15N3O3S. The summed E-state index contributed by atoms with van der Waals surface area (Å²) in [6.07, 6.45) is -0.298. The number of hydrogen-bond acceptors (Lipinski definition) is 6. The van der Waals surface area contributed by atoms with Gasteiger partial charge in [-0.05, 0) is 25.5 Å². The van der Waals surface area contributed by atoms with Crippen LogP contribution in [0.25, 0.3) is 0 Å². The van der Waals surface area contributed by atoms with Gasteiger partial charge in [0.2, 0.25) is 11.2 Å². The predicted octanol–water partition coefficient (Wildman–Crippen LogP) is 2.27. The maximum Gasteiger partial charge on any atom is 0.271 e. The minimum absolute atomic E-state index is 0.282. The molecule has 2 heterocycles. The largest absolute Gasteiger partial charge is 0.482 e. The van der Waals surface area contributed by atoms with Crippen molar-refractivity contribution in [1.29, 1.82) is 0 Å². The highest BCUT2D eigenvalue weighted by molar-refractivity contribution is 7.15. The average Bonchev–Trinajstić information content (AvgIpc) is 2.94. The van der Waals surface area contributed by atoms with Crippen LogP contribution in [0.5, 0.6) is 11.5 Å². The molecule has 3 rings (SSSR count). The molecule has 0 saturated carbocycles. The Hall–Kier alpha value is -2.15. The van der Waals surface area contributed by atoms with Crippen LogP contribution in [-0.2, 0) is 11.2 Å². The van der Waals surface area contributed by atoms with Crippen molar-refractivity contribution in [2.45, 2.75) is 32.5 Å². The molecule has 1 aliphatic heterocycles. The highest BCUT2D eigenvalue weighted by Crippen LogP contribution is 2.33. The molecule has 110 valence electrons. The van der Waals surface area contributed by atoms with Gasteiger partial charge in [0.15, 0.2) is 11.5 Å². The lowest BCUT2D eigenvalue weighted by Gasteiger charge is -2.30. The fourth-order valence-corrected chi connectivity index (χ4v) is 2.71. The number of rotatable bonds is 3. The molecule has 7 heteroatoms. The van der Waals surface area contributed by atoms with Gasteiger partial charge in [-0.15, -0.1) is 10.2 Å². The fourth-order valence-electron chi connectivity index (χ4n) is 2.03. The summed E-state index contributed by atoms with van der Waals surface area (Å²) in [5.74, 6) is 0.941. The molecule has 6 nitrogen and oxygen atoms in total. The van der Waals surface area contributed by atoms with Gasteiger partial charge in [-0.25, -0.2) is 0 Å². The molecule has 0 spiro atoms. The quantitative estimate of drug-likeness (QED) is 0.941. The van der Waals surface area contributed by atoms with Crippen LogP contribution in [0.2, 0.25) is 0 Å². The SMILES string of the molecule is CCc1nnc(NC(=O)[C@@H]2Oc3ccccc3O[C@H]2C)s1. The standard InChI is InChI=1S/C14H15N3O3S/c1-3-11-16-17-14(21-11)15-13(18)12-8(2)19-9-6-4-5-7-10(9)20-12/h4-8,12H,3H2,1-2H3,(H,15,17,18)/t8-,12+/m0/s1. The van der Waals surface area contributed by atoms with Gasteiger partial charge in [0, 0.05) is 0 Å². The van der Waals surface area contributed by atoms with E-state index in [9.17, 15) is 4.79 Å². The van der Waals surface area contributed by atoms with Gasteiger partial charge in [-0.1, -0.05) is 30.4 Å². The lowest BCUT2D eigenvalue weighted by molar-refractivity contribution is -0.128. The van der Waals surface area contributed by atoms with Crippen LogP contribution >= 0.6 is 11.3 Å². The molecule has 0 unspecified atom stereocenters. The Balaban J connectivity index is 1.73. The van der Waals surface area contributed by atoms with Crippen LogP contribution in [-0.4, -0.2) is 28.3 Å². The van der Waals surface area contributed by atoms with Crippen molar-refractivity contribution in [3.63, 3.8) is 0 Å². The molecule has 0 radical (unpaired) electrons. The first-order valence-corrected chi connectivity index (χ1v) is 7.54. The molecule has 0 aliphatic carbocycles. The molecular weight excluding hydrogens is 290 g/mol. The topological polar surface area (TPSA) is 73.3 Å². The zero-order chi connectivity index (χ0) is 14.8. The van der Waals surface area contributed by atoms with E-state index >= 15 is 0 Å². The first-order valence-electron chi connectivity index (χ1n) is 6.73. The zero-order valence-electron chi connectivity index (χ0n) is 11.7.